The Morgan fingerprint density at radius 2 is 1.70 bits per heavy atom. The van der Waals surface area contributed by atoms with Crippen LogP contribution in [0.1, 0.15) is 27.8 Å². The molecule has 1 unspecified atom stereocenters. The number of aliphatic hydroxyl groups is 1. The molecule has 3 rings (SSSR count). The van der Waals surface area contributed by atoms with Gasteiger partial charge in [0.1, 0.15) is 0 Å². The lowest BCUT2D eigenvalue weighted by atomic mass is 10.0. The first-order valence-electron chi connectivity index (χ1n) is 8.13. The number of aliphatic hydroxyl groups excluding tert-OH is 1. The molecule has 1 amide bonds. The first-order chi connectivity index (χ1) is 12.9. The number of carbonyl (C=O) groups excluding carboxylic acids is 1. The molecule has 0 bridgehead atoms. The molecule has 0 aliphatic heterocycles. The van der Waals surface area contributed by atoms with Gasteiger partial charge in [-0.1, -0.05) is 48.5 Å². The van der Waals surface area contributed by atoms with Crippen LogP contribution in [0.25, 0.3) is 11.1 Å². The zero-order valence-corrected chi connectivity index (χ0v) is 14.0. The highest BCUT2D eigenvalue weighted by molar-refractivity contribution is 5.98. The number of benzene rings is 2. The van der Waals surface area contributed by atoms with Gasteiger partial charge < -0.3 is 14.8 Å². The summed E-state index contributed by atoms with van der Waals surface area (Å²) in [5.41, 5.74) is 0.0837. The third kappa shape index (κ3) is 4.20. The fraction of sp³-hybridized carbons (Fsp3) is 0.150. The zero-order chi connectivity index (χ0) is 19.4. The lowest BCUT2D eigenvalue weighted by Gasteiger charge is -2.17. The van der Waals surface area contributed by atoms with E-state index in [9.17, 15) is 23.1 Å². The summed E-state index contributed by atoms with van der Waals surface area (Å²) in [5.74, 6) is -0.597. The summed E-state index contributed by atoms with van der Waals surface area (Å²) in [5, 5.41) is 12.6. The van der Waals surface area contributed by atoms with E-state index in [2.05, 4.69) is 5.32 Å². The molecular weight excluding hydrogens is 359 g/mol. The minimum absolute atomic E-state index is 0.0255. The maximum Gasteiger partial charge on any atom is 0.416 e. The summed E-state index contributed by atoms with van der Waals surface area (Å²) in [4.78, 5) is 12.4. The van der Waals surface area contributed by atoms with E-state index in [1.807, 2.05) is 18.2 Å². The largest absolute Gasteiger partial charge is 0.459 e. The molecule has 0 aliphatic carbocycles. The summed E-state index contributed by atoms with van der Waals surface area (Å²) < 4.78 is 44.4. The Morgan fingerprint density at radius 3 is 2.41 bits per heavy atom. The van der Waals surface area contributed by atoms with E-state index in [1.165, 1.54) is 24.5 Å². The Bertz CT molecular complexity index is 919. The van der Waals surface area contributed by atoms with Crippen molar-refractivity contribution in [1.82, 2.24) is 5.32 Å². The third-order valence-electron chi connectivity index (χ3n) is 4.04. The number of halogens is 3. The second kappa shape index (κ2) is 7.67. The Morgan fingerprint density at radius 1 is 1.04 bits per heavy atom. The van der Waals surface area contributed by atoms with Gasteiger partial charge in [-0.05, 0) is 23.3 Å². The summed E-state index contributed by atoms with van der Waals surface area (Å²) in [7, 11) is 0. The fourth-order valence-electron chi connectivity index (χ4n) is 2.76. The van der Waals surface area contributed by atoms with Gasteiger partial charge in [0.15, 0.2) is 5.76 Å². The molecule has 2 N–H and O–H groups in total. The van der Waals surface area contributed by atoms with Crippen molar-refractivity contribution >= 4 is 5.91 Å². The van der Waals surface area contributed by atoms with E-state index in [0.717, 1.165) is 11.6 Å². The monoisotopic (exact) mass is 375 g/mol. The van der Waals surface area contributed by atoms with Crippen molar-refractivity contribution in [1.29, 1.82) is 0 Å². The van der Waals surface area contributed by atoms with Crippen LogP contribution in [0.15, 0.2) is 71.3 Å². The number of rotatable bonds is 5. The summed E-state index contributed by atoms with van der Waals surface area (Å²) in [6, 6.07) is 15.4. The minimum atomic E-state index is -4.59. The van der Waals surface area contributed by atoms with Gasteiger partial charge in [-0.15, -0.1) is 0 Å². The first kappa shape index (κ1) is 18.7. The number of alkyl halides is 3. The Balaban J connectivity index is 1.74. The normalized spacial score (nSPS) is 12.6. The van der Waals surface area contributed by atoms with Gasteiger partial charge >= 0.3 is 6.18 Å². The SMILES string of the molecule is O=C(NCC(O)c1ccccc1C(F)(F)F)c1occc1-c1ccccc1. The van der Waals surface area contributed by atoms with Gasteiger partial charge in [-0.25, -0.2) is 0 Å². The van der Waals surface area contributed by atoms with E-state index in [1.54, 1.807) is 18.2 Å². The second-order valence-corrected chi connectivity index (χ2v) is 5.84. The van der Waals surface area contributed by atoms with E-state index in [4.69, 9.17) is 4.42 Å². The highest BCUT2D eigenvalue weighted by Crippen LogP contribution is 2.34. The number of amides is 1. The lowest BCUT2D eigenvalue weighted by molar-refractivity contribution is -0.139. The zero-order valence-electron chi connectivity index (χ0n) is 14.0. The number of hydrogen-bond donors (Lipinski definition) is 2. The highest BCUT2D eigenvalue weighted by Gasteiger charge is 2.34. The van der Waals surface area contributed by atoms with E-state index in [0.29, 0.717) is 5.56 Å². The fourth-order valence-corrected chi connectivity index (χ4v) is 2.76. The molecular formula is C20H16F3NO3. The predicted octanol–water partition coefficient (Wildman–Crippen LogP) is 4.43. The van der Waals surface area contributed by atoms with Crippen LogP contribution in [0.5, 0.6) is 0 Å². The van der Waals surface area contributed by atoms with E-state index >= 15 is 0 Å². The van der Waals surface area contributed by atoms with Gasteiger partial charge in [0.2, 0.25) is 0 Å². The lowest BCUT2D eigenvalue weighted by Crippen LogP contribution is -2.29. The van der Waals surface area contributed by atoms with Crippen LogP contribution < -0.4 is 5.32 Å². The first-order valence-corrected chi connectivity index (χ1v) is 8.13. The van der Waals surface area contributed by atoms with Gasteiger partial charge in [-0.2, -0.15) is 13.2 Å². The summed E-state index contributed by atoms with van der Waals surface area (Å²) >= 11 is 0. The minimum Gasteiger partial charge on any atom is -0.459 e. The number of furan rings is 1. The molecule has 1 aromatic heterocycles. The standard InChI is InChI=1S/C20H16F3NO3/c21-20(22,23)16-9-5-4-8-15(16)17(25)12-24-19(26)18-14(10-11-27-18)13-6-2-1-3-7-13/h1-11,17,25H,12H2,(H,24,26). The Labute approximate surface area is 153 Å². The molecule has 3 aromatic rings. The van der Waals surface area contributed by atoms with Crippen molar-refractivity contribution < 1.29 is 27.5 Å². The molecule has 0 saturated carbocycles. The molecule has 4 nitrogen and oxygen atoms in total. The van der Waals surface area contributed by atoms with Crippen molar-refractivity contribution in [3.63, 3.8) is 0 Å². The van der Waals surface area contributed by atoms with Crippen LogP contribution in [0, 0.1) is 0 Å². The van der Waals surface area contributed by atoms with Crippen LogP contribution in [-0.2, 0) is 6.18 Å². The molecule has 1 atom stereocenters. The van der Waals surface area contributed by atoms with Crippen molar-refractivity contribution in [3.8, 4) is 11.1 Å². The van der Waals surface area contributed by atoms with E-state index in [-0.39, 0.29) is 17.9 Å². The van der Waals surface area contributed by atoms with Gasteiger partial charge in [-0.3, -0.25) is 4.79 Å². The van der Waals surface area contributed by atoms with Crippen LogP contribution in [0.4, 0.5) is 13.2 Å². The molecule has 140 valence electrons. The smallest absolute Gasteiger partial charge is 0.416 e. The van der Waals surface area contributed by atoms with Crippen LogP contribution in [0.2, 0.25) is 0 Å². The van der Waals surface area contributed by atoms with Crippen LogP contribution in [-0.4, -0.2) is 17.6 Å². The van der Waals surface area contributed by atoms with Gasteiger partial charge in [0.25, 0.3) is 5.91 Å². The average molecular weight is 375 g/mol. The highest BCUT2D eigenvalue weighted by atomic mass is 19.4. The maximum absolute atomic E-state index is 13.1. The van der Waals surface area contributed by atoms with Crippen molar-refractivity contribution in [2.24, 2.45) is 0 Å². The van der Waals surface area contributed by atoms with Crippen molar-refractivity contribution in [2.45, 2.75) is 12.3 Å². The molecule has 0 radical (unpaired) electrons. The molecule has 27 heavy (non-hydrogen) atoms. The van der Waals surface area contributed by atoms with Gasteiger partial charge in [0.05, 0.1) is 17.9 Å². The molecule has 0 fully saturated rings. The molecule has 0 saturated heterocycles. The number of nitrogens with one attached hydrogen (secondary N) is 1. The van der Waals surface area contributed by atoms with Crippen LogP contribution in [0.3, 0.4) is 0 Å². The Hall–Kier alpha value is -3.06. The number of carbonyl (C=O) groups is 1. The average Bonchev–Trinajstić information content (AvgIpc) is 3.16. The summed E-state index contributed by atoms with van der Waals surface area (Å²) in [6.07, 6.45) is -4.75. The van der Waals surface area contributed by atoms with Crippen LogP contribution >= 0.6 is 0 Å². The molecule has 0 aliphatic rings. The van der Waals surface area contributed by atoms with Crippen molar-refractivity contribution in [2.75, 3.05) is 6.54 Å². The Kier molecular flexibility index (Phi) is 5.32. The third-order valence-corrected chi connectivity index (χ3v) is 4.04. The topological polar surface area (TPSA) is 62.5 Å². The summed E-state index contributed by atoms with van der Waals surface area (Å²) in [6.45, 7) is -0.388. The molecule has 0 spiro atoms. The molecule has 2 aromatic carbocycles. The molecule has 1 heterocycles. The van der Waals surface area contributed by atoms with E-state index < -0.39 is 23.8 Å². The van der Waals surface area contributed by atoms with Gasteiger partial charge in [0, 0.05) is 12.1 Å². The quantitative estimate of drug-likeness (QED) is 0.694. The molecule has 7 heteroatoms. The predicted molar refractivity (Wildman–Crippen MR) is 92.9 cm³/mol. The maximum atomic E-state index is 13.1. The van der Waals surface area contributed by atoms with Crippen molar-refractivity contribution in [3.05, 3.63) is 83.8 Å². The number of hydrogen-bond acceptors (Lipinski definition) is 3. The second-order valence-electron chi connectivity index (χ2n) is 5.84.